The second-order valence-corrected chi connectivity index (χ2v) is 6.80. The summed E-state index contributed by atoms with van der Waals surface area (Å²) < 4.78 is 12.7. The average molecular weight is 504 g/mol. The molecule has 2 aromatic rings. The van der Waals surface area contributed by atoms with E-state index < -0.39 is 0 Å². The molecule has 0 fully saturated rings. The van der Waals surface area contributed by atoms with Crippen molar-refractivity contribution in [3.63, 3.8) is 0 Å². The summed E-state index contributed by atoms with van der Waals surface area (Å²) in [6.07, 6.45) is 0.745. The lowest BCUT2D eigenvalue weighted by Gasteiger charge is -2.14. The summed E-state index contributed by atoms with van der Waals surface area (Å²) in [5.74, 6) is 0.618. The van der Waals surface area contributed by atoms with Gasteiger partial charge in [0.15, 0.2) is 18.1 Å². The highest BCUT2D eigenvalue weighted by atomic mass is 127. The van der Waals surface area contributed by atoms with E-state index in [9.17, 15) is 9.59 Å². The fraction of sp³-hybridized carbons (Fsp3) is 0.176. The van der Waals surface area contributed by atoms with Gasteiger partial charge < -0.3 is 14.8 Å². The Morgan fingerprint density at radius 2 is 1.96 bits per heavy atom. The molecule has 0 heterocycles. The molecule has 0 aliphatic carbocycles. The van der Waals surface area contributed by atoms with Crippen LogP contribution in [-0.2, 0) is 4.79 Å². The number of carbonyl (C=O) groups excluding carboxylic acids is 2. The minimum atomic E-state index is -0.282. The second-order valence-electron chi connectivity index (χ2n) is 4.72. The van der Waals surface area contributed by atoms with Crippen LogP contribution in [0.4, 0.5) is 5.69 Å². The van der Waals surface area contributed by atoms with Crippen molar-refractivity contribution >= 4 is 56.4 Å². The van der Waals surface area contributed by atoms with E-state index >= 15 is 0 Å². The largest absolute Gasteiger partial charge is 0.490 e. The summed E-state index contributed by atoms with van der Waals surface area (Å²) in [5.41, 5.74) is 1.18. The van der Waals surface area contributed by atoms with Gasteiger partial charge in [-0.2, -0.15) is 0 Å². The first-order chi connectivity index (χ1) is 11.5. The summed E-state index contributed by atoms with van der Waals surface area (Å²) in [4.78, 5) is 23.0. The number of benzene rings is 2. The van der Waals surface area contributed by atoms with Gasteiger partial charge in [0, 0.05) is 15.7 Å². The summed E-state index contributed by atoms with van der Waals surface area (Å²) in [6, 6.07) is 10.5. The van der Waals surface area contributed by atoms with E-state index in [4.69, 9.17) is 9.47 Å². The Hall–Kier alpha value is -1.61. The van der Waals surface area contributed by atoms with Crippen LogP contribution < -0.4 is 14.8 Å². The van der Waals surface area contributed by atoms with Gasteiger partial charge in [-0.1, -0.05) is 15.9 Å². The first kappa shape index (κ1) is 18.7. The van der Waals surface area contributed by atoms with Gasteiger partial charge in [0.1, 0.15) is 6.29 Å². The number of nitrogens with one attached hydrogen (secondary N) is 1. The highest BCUT2D eigenvalue weighted by Gasteiger charge is 2.14. The molecule has 2 rings (SSSR count). The summed E-state index contributed by atoms with van der Waals surface area (Å²) in [6.45, 7) is 2.11. The SMILES string of the molecule is CCOc1cc(C=O)cc(I)c1OCC(=O)Nc1ccc(Br)cc1. The van der Waals surface area contributed by atoms with Crippen LogP contribution in [0.2, 0.25) is 0 Å². The van der Waals surface area contributed by atoms with Crippen molar-refractivity contribution in [1.29, 1.82) is 0 Å². The van der Waals surface area contributed by atoms with Crippen molar-refractivity contribution in [3.05, 3.63) is 50.0 Å². The van der Waals surface area contributed by atoms with Crippen LogP contribution in [0.1, 0.15) is 17.3 Å². The van der Waals surface area contributed by atoms with Gasteiger partial charge in [-0.05, 0) is 65.9 Å². The Balaban J connectivity index is 2.06. The molecule has 0 aliphatic heterocycles. The molecular formula is C17H15BrINO4. The Bertz CT molecular complexity index is 734. The van der Waals surface area contributed by atoms with Crippen molar-refractivity contribution < 1.29 is 19.1 Å². The lowest BCUT2D eigenvalue weighted by molar-refractivity contribution is -0.118. The number of hydrogen-bond acceptors (Lipinski definition) is 4. The molecule has 0 saturated heterocycles. The maximum atomic E-state index is 12.0. The van der Waals surface area contributed by atoms with E-state index in [1.165, 1.54) is 0 Å². The second kappa shape index (κ2) is 9.03. The summed E-state index contributed by atoms with van der Waals surface area (Å²) in [5, 5.41) is 2.75. The van der Waals surface area contributed by atoms with Gasteiger partial charge in [0.05, 0.1) is 10.2 Å². The first-order valence-corrected chi connectivity index (χ1v) is 9.00. The lowest BCUT2D eigenvalue weighted by Crippen LogP contribution is -2.20. The quantitative estimate of drug-likeness (QED) is 0.452. The Kier molecular flexibility index (Phi) is 7.04. The minimum Gasteiger partial charge on any atom is -0.490 e. The number of aldehydes is 1. The molecule has 1 N–H and O–H groups in total. The van der Waals surface area contributed by atoms with Crippen LogP contribution in [0.5, 0.6) is 11.5 Å². The number of hydrogen-bond donors (Lipinski definition) is 1. The Labute approximate surface area is 162 Å². The molecule has 0 saturated carbocycles. The molecule has 0 unspecified atom stereocenters. The smallest absolute Gasteiger partial charge is 0.262 e. The number of carbonyl (C=O) groups is 2. The van der Waals surface area contributed by atoms with E-state index in [2.05, 4.69) is 21.2 Å². The zero-order valence-electron chi connectivity index (χ0n) is 12.8. The number of rotatable bonds is 7. The van der Waals surface area contributed by atoms with E-state index in [1.54, 1.807) is 24.3 Å². The lowest BCUT2D eigenvalue weighted by atomic mass is 10.2. The maximum Gasteiger partial charge on any atom is 0.262 e. The molecule has 7 heteroatoms. The van der Waals surface area contributed by atoms with Crippen LogP contribution in [0.15, 0.2) is 40.9 Å². The fourth-order valence-corrected chi connectivity index (χ4v) is 2.97. The highest BCUT2D eigenvalue weighted by Crippen LogP contribution is 2.33. The number of anilines is 1. The third-order valence-corrected chi connectivity index (χ3v) is 4.27. The van der Waals surface area contributed by atoms with Crippen LogP contribution in [-0.4, -0.2) is 25.4 Å². The topological polar surface area (TPSA) is 64.6 Å². The molecule has 1 amide bonds. The monoisotopic (exact) mass is 503 g/mol. The predicted octanol–water partition coefficient (Wildman–Crippen LogP) is 4.28. The van der Waals surface area contributed by atoms with Crippen LogP contribution in [0.3, 0.4) is 0 Å². The molecule has 126 valence electrons. The van der Waals surface area contributed by atoms with Crippen molar-refractivity contribution in [2.24, 2.45) is 0 Å². The van der Waals surface area contributed by atoms with Crippen LogP contribution in [0.25, 0.3) is 0 Å². The molecule has 5 nitrogen and oxygen atoms in total. The third kappa shape index (κ3) is 5.20. The molecule has 0 atom stereocenters. The van der Waals surface area contributed by atoms with Gasteiger partial charge in [-0.3, -0.25) is 9.59 Å². The van der Waals surface area contributed by atoms with Crippen molar-refractivity contribution in [3.8, 4) is 11.5 Å². The van der Waals surface area contributed by atoms with E-state index in [1.807, 2.05) is 41.6 Å². The minimum absolute atomic E-state index is 0.160. The molecule has 0 spiro atoms. The van der Waals surface area contributed by atoms with E-state index in [0.29, 0.717) is 32.9 Å². The number of halogens is 2. The molecule has 24 heavy (non-hydrogen) atoms. The van der Waals surface area contributed by atoms with Crippen molar-refractivity contribution in [2.45, 2.75) is 6.92 Å². The number of amides is 1. The van der Waals surface area contributed by atoms with Crippen LogP contribution >= 0.6 is 38.5 Å². The number of ether oxygens (including phenoxy) is 2. The van der Waals surface area contributed by atoms with Crippen molar-refractivity contribution in [1.82, 2.24) is 0 Å². The van der Waals surface area contributed by atoms with Gasteiger partial charge >= 0.3 is 0 Å². The maximum absolute atomic E-state index is 12.0. The van der Waals surface area contributed by atoms with Gasteiger partial charge in [0.2, 0.25) is 0 Å². The first-order valence-electron chi connectivity index (χ1n) is 7.13. The van der Waals surface area contributed by atoms with E-state index in [0.717, 1.165) is 10.8 Å². The van der Waals surface area contributed by atoms with E-state index in [-0.39, 0.29) is 12.5 Å². The molecule has 0 aromatic heterocycles. The zero-order chi connectivity index (χ0) is 17.5. The third-order valence-electron chi connectivity index (χ3n) is 2.94. The molecular weight excluding hydrogens is 489 g/mol. The molecule has 0 aliphatic rings. The molecule has 0 bridgehead atoms. The molecule has 0 radical (unpaired) electrons. The van der Waals surface area contributed by atoms with Gasteiger partial charge in [-0.15, -0.1) is 0 Å². The van der Waals surface area contributed by atoms with Crippen LogP contribution in [0, 0.1) is 3.57 Å². The standard InChI is InChI=1S/C17H15BrINO4/c1-2-23-15-8-11(9-21)7-14(19)17(15)24-10-16(22)20-13-5-3-12(18)4-6-13/h3-9H,2,10H2,1H3,(H,20,22). The molecule has 2 aromatic carbocycles. The normalized spacial score (nSPS) is 10.1. The Morgan fingerprint density at radius 1 is 1.25 bits per heavy atom. The summed E-state index contributed by atoms with van der Waals surface area (Å²) >= 11 is 5.39. The predicted molar refractivity (Wildman–Crippen MR) is 104 cm³/mol. The van der Waals surface area contributed by atoms with Gasteiger partial charge in [0.25, 0.3) is 5.91 Å². The zero-order valence-corrected chi connectivity index (χ0v) is 16.6. The van der Waals surface area contributed by atoms with Crippen molar-refractivity contribution in [2.75, 3.05) is 18.5 Å². The summed E-state index contributed by atoms with van der Waals surface area (Å²) in [7, 11) is 0. The fourth-order valence-electron chi connectivity index (χ4n) is 1.93. The average Bonchev–Trinajstić information content (AvgIpc) is 2.56. The van der Waals surface area contributed by atoms with Gasteiger partial charge in [-0.25, -0.2) is 0 Å². The Morgan fingerprint density at radius 3 is 2.58 bits per heavy atom. The highest BCUT2D eigenvalue weighted by molar-refractivity contribution is 14.1.